The van der Waals surface area contributed by atoms with Crippen molar-refractivity contribution in [1.29, 1.82) is 0 Å². The van der Waals surface area contributed by atoms with Gasteiger partial charge in [0.25, 0.3) is 0 Å². The second kappa shape index (κ2) is 3.35. The third kappa shape index (κ3) is 1.50. The van der Waals surface area contributed by atoms with Crippen molar-refractivity contribution in [1.82, 2.24) is 5.32 Å². The molecular weight excluding hydrogens is 262 g/mol. The van der Waals surface area contributed by atoms with Gasteiger partial charge in [-0.1, -0.05) is 6.92 Å². The molecule has 1 saturated heterocycles. The lowest BCUT2D eigenvalue weighted by Gasteiger charge is -2.25. The Labute approximate surface area is 95.8 Å². The summed E-state index contributed by atoms with van der Waals surface area (Å²) in [5, 5.41) is 5.03. The van der Waals surface area contributed by atoms with Crippen LogP contribution >= 0.6 is 27.3 Å². The molecule has 2 nitrogen and oxygen atoms in total. The average Bonchev–Trinajstić information content (AvgIpc) is 2.59. The van der Waals surface area contributed by atoms with Crippen molar-refractivity contribution in [3.8, 4) is 0 Å². The van der Waals surface area contributed by atoms with Crippen LogP contribution in [0.1, 0.15) is 25.1 Å². The normalized spacial score (nSPS) is 31.9. The van der Waals surface area contributed by atoms with E-state index in [1.807, 2.05) is 0 Å². The lowest BCUT2D eigenvalue weighted by atomic mass is 9.82. The lowest BCUT2D eigenvalue weighted by molar-refractivity contribution is -0.119. The van der Waals surface area contributed by atoms with E-state index < -0.39 is 0 Å². The highest BCUT2D eigenvalue weighted by molar-refractivity contribution is 9.10. The van der Waals surface area contributed by atoms with Crippen molar-refractivity contribution in [3.63, 3.8) is 0 Å². The molecule has 0 spiro atoms. The van der Waals surface area contributed by atoms with Gasteiger partial charge in [-0.2, -0.15) is 0 Å². The van der Waals surface area contributed by atoms with Crippen LogP contribution in [0.3, 0.4) is 0 Å². The second-order valence-electron chi connectivity index (χ2n) is 4.01. The topological polar surface area (TPSA) is 29.1 Å². The minimum atomic E-state index is -0.0340. The second-order valence-corrected chi connectivity index (χ2v) is 5.84. The Balaban J connectivity index is 2.37. The van der Waals surface area contributed by atoms with Crippen molar-refractivity contribution in [2.45, 2.75) is 31.7 Å². The van der Waals surface area contributed by atoms with Crippen LogP contribution in [0.2, 0.25) is 0 Å². The molecule has 2 atom stereocenters. The molecule has 1 amide bonds. The maximum Gasteiger partial charge on any atom is 0.221 e. The van der Waals surface area contributed by atoms with E-state index in [2.05, 4.69) is 46.5 Å². The van der Waals surface area contributed by atoms with Crippen molar-refractivity contribution in [2.75, 3.05) is 0 Å². The summed E-state index contributed by atoms with van der Waals surface area (Å²) in [5.74, 6) is 0.157. The minimum Gasteiger partial charge on any atom is -0.353 e. The first-order chi connectivity index (χ1) is 6.52. The molecule has 76 valence electrons. The van der Waals surface area contributed by atoms with Crippen molar-refractivity contribution < 1.29 is 4.79 Å². The number of hydrogen-bond acceptors (Lipinski definition) is 2. The predicted octanol–water partition coefficient (Wildman–Crippen LogP) is 2.68. The number of carbonyl (C=O) groups excluding carboxylic acids is 1. The summed E-state index contributed by atoms with van der Waals surface area (Å²) in [5.41, 5.74) is -0.0340. The predicted molar refractivity (Wildman–Crippen MR) is 61.6 cm³/mol. The van der Waals surface area contributed by atoms with E-state index in [9.17, 15) is 4.79 Å². The molecule has 0 radical (unpaired) electrons. The van der Waals surface area contributed by atoms with Gasteiger partial charge in [0.2, 0.25) is 5.91 Å². The highest BCUT2D eigenvalue weighted by Crippen LogP contribution is 2.39. The first kappa shape index (κ1) is 10.2. The van der Waals surface area contributed by atoms with E-state index in [-0.39, 0.29) is 17.4 Å². The summed E-state index contributed by atoms with van der Waals surface area (Å²) in [6.45, 7) is 4.21. The number of hydrogen-bond donors (Lipinski definition) is 1. The molecule has 4 heteroatoms. The lowest BCUT2D eigenvalue weighted by Crippen LogP contribution is -2.34. The summed E-state index contributed by atoms with van der Waals surface area (Å²) in [6, 6.07) is 2.34. The van der Waals surface area contributed by atoms with E-state index >= 15 is 0 Å². The first-order valence-corrected chi connectivity index (χ1v) is 6.23. The Morgan fingerprint density at radius 2 is 2.43 bits per heavy atom. The van der Waals surface area contributed by atoms with Crippen molar-refractivity contribution >= 4 is 33.2 Å². The van der Waals surface area contributed by atoms with Crippen molar-refractivity contribution in [3.05, 3.63) is 20.8 Å². The van der Waals surface area contributed by atoms with Crippen LogP contribution in [0, 0.1) is 0 Å². The third-order valence-corrected chi connectivity index (χ3v) is 4.96. The molecule has 1 aromatic heterocycles. The Morgan fingerprint density at radius 1 is 1.71 bits per heavy atom. The molecule has 1 fully saturated rings. The van der Waals surface area contributed by atoms with Gasteiger partial charge in [-0.05, 0) is 28.9 Å². The molecule has 0 bridgehead atoms. The Hall–Kier alpha value is -0.350. The van der Waals surface area contributed by atoms with E-state index in [0.29, 0.717) is 6.42 Å². The molecule has 1 aromatic rings. The van der Waals surface area contributed by atoms with Gasteiger partial charge in [-0.15, -0.1) is 11.3 Å². The summed E-state index contributed by atoms with van der Waals surface area (Å²) < 4.78 is 1.10. The van der Waals surface area contributed by atoms with Gasteiger partial charge in [0.05, 0.1) is 0 Å². The molecule has 2 unspecified atom stereocenters. The highest BCUT2D eigenvalue weighted by atomic mass is 79.9. The Bertz CT molecular complexity index is 376. The summed E-state index contributed by atoms with van der Waals surface area (Å²) in [7, 11) is 0. The molecule has 0 aliphatic carbocycles. The Kier molecular flexibility index (Phi) is 2.43. The van der Waals surface area contributed by atoms with E-state index in [4.69, 9.17) is 0 Å². The molecule has 0 saturated carbocycles. The zero-order chi connectivity index (χ0) is 10.3. The number of thiophene rings is 1. The first-order valence-electron chi connectivity index (χ1n) is 4.56. The number of carbonyl (C=O) groups is 1. The van der Waals surface area contributed by atoms with Gasteiger partial charge in [-0.3, -0.25) is 4.79 Å². The quantitative estimate of drug-likeness (QED) is 0.838. The van der Waals surface area contributed by atoms with Crippen LogP contribution in [-0.2, 0) is 10.2 Å². The smallest absolute Gasteiger partial charge is 0.221 e. The molecule has 1 aliphatic heterocycles. The SMILES string of the molecule is CC1NC(=O)CC1(C)c1cc(Br)cs1. The van der Waals surface area contributed by atoms with Gasteiger partial charge in [0.1, 0.15) is 0 Å². The largest absolute Gasteiger partial charge is 0.353 e. The van der Waals surface area contributed by atoms with Gasteiger partial charge < -0.3 is 5.32 Å². The van der Waals surface area contributed by atoms with Gasteiger partial charge in [-0.25, -0.2) is 0 Å². The molecule has 2 rings (SSSR count). The number of amides is 1. The standard InChI is InChI=1S/C10H12BrNOS/c1-6-10(2,4-9(13)12-6)8-3-7(11)5-14-8/h3,5-6H,4H2,1-2H3,(H,12,13). The summed E-state index contributed by atoms with van der Waals surface area (Å²) in [4.78, 5) is 12.6. The maximum atomic E-state index is 11.3. The fraction of sp³-hybridized carbons (Fsp3) is 0.500. The number of halogens is 1. The van der Waals surface area contributed by atoms with Crippen LogP contribution in [0.15, 0.2) is 15.9 Å². The zero-order valence-corrected chi connectivity index (χ0v) is 10.5. The van der Waals surface area contributed by atoms with Crippen molar-refractivity contribution in [2.24, 2.45) is 0 Å². The molecular formula is C10H12BrNOS. The van der Waals surface area contributed by atoms with Gasteiger partial charge in [0, 0.05) is 32.6 Å². The average molecular weight is 274 g/mol. The van der Waals surface area contributed by atoms with Crippen LogP contribution in [0.25, 0.3) is 0 Å². The monoisotopic (exact) mass is 273 g/mol. The molecule has 1 aliphatic rings. The highest BCUT2D eigenvalue weighted by Gasteiger charge is 2.42. The van der Waals surface area contributed by atoms with Crippen LogP contribution < -0.4 is 5.32 Å². The maximum absolute atomic E-state index is 11.3. The van der Waals surface area contributed by atoms with Crippen LogP contribution in [0.4, 0.5) is 0 Å². The number of rotatable bonds is 1. The molecule has 14 heavy (non-hydrogen) atoms. The number of nitrogens with one attached hydrogen (secondary N) is 1. The summed E-state index contributed by atoms with van der Waals surface area (Å²) >= 11 is 5.16. The van der Waals surface area contributed by atoms with Gasteiger partial charge in [0.15, 0.2) is 0 Å². The summed E-state index contributed by atoms with van der Waals surface area (Å²) in [6.07, 6.45) is 0.598. The third-order valence-electron chi connectivity index (χ3n) is 2.99. The molecule has 2 heterocycles. The fourth-order valence-corrected chi connectivity index (χ4v) is 3.53. The van der Waals surface area contributed by atoms with E-state index in [1.165, 1.54) is 4.88 Å². The molecule has 1 N–H and O–H groups in total. The fourth-order valence-electron chi connectivity index (χ4n) is 1.85. The molecule has 0 aromatic carbocycles. The Morgan fingerprint density at radius 3 is 2.86 bits per heavy atom. The zero-order valence-electron chi connectivity index (χ0n) is 8.13. The van der Waals surface area contributed by atoms with Crippen LogP contribution in [0.5, 0.6) is 0 Å². The van der Waals surface area contributed by atoms with Gasteiger partial charge >= 0.3 is 0 Å². The van der Waals surface area contributed by atoms with E-state index in [0.717, 1.165) is 4.47 Å². The van der Waals surface area contributed by atoms with Crippen LogP contribution in [-0.4, -0.2) is 11.9 Å². The minimum absolute atomic E-state index is 0.0340. The van der Waals surface area contributed by atoms with E-state index in [1.54, 1.807) is 11.3 Å².